The number of imide groups is 3. The van der Waals surface area contributed by atoms with Gasteiger partial charge >= 0.3 is 0 Å². The number of guanidine groups is 2. The summed E-state index contributed by atoms with van der Waals surface area (Å²) in [5.41, 5.74) is 15.9. The Balaban J connectivity index is 0.000000295. The molecule has 0 aliphatic carbocycles. The summed E-state index contributed by atoms with van der Waals surface area (Å²) in [6.45, 7) is 5.83. The average molecular weight is 398 g/mol. The molecule has 3 amide bonds. The molecule has 12 nitrogen and oxygen atoms in total. The number of hydrogen-bond acceptors (Lipinski definition) is 7. The lowest BCUT2D eigenvalue weighted by Crippen LogP contribution is -2.51. The maximum Gasteiger partial charge on any atom is 0.268 e. The molecule has 2 heterocycles. The molecule has 2 fully saturated rings. The van der Waals surface area contributed by atoms with Crippen LogP contribution in [0.25, 0.3) is 0 Å². The number of fused-ring (bicyclic) bond motifs is 1. The summed E-state index contributed by atoms with van der Waals surface area (Å²) < 4.78 is 4.78. The van der Waals surface area contributed by atoms with Crippen LogP contribution in [0.1, 0.15) is 40.0 Å². The summed E-state index contributed by atoms with van der Waals surface area (Å²) in [7, 11) is 0. The molecule has 28 heavy (non-hydrogen) atoms. The van der Waals surface area contributed by atoms with Crippen LogP contribution >= 0.6 is 0 Å². The molecule has 0 unspecified atom stereocenters. The number of carbonyl (C=O) groups is 3. The van der Waals surface area contributed by atoms with E-state index in [0.717, 1.165) is 12.8 Å². The third kappa shape index (κ3) is 6.46. The second kappa shape index (κ2) is 9.99. The molecule has 12 heteroatoms. The first kappa shape index (κ1) is 23.3. The molecule has 0 radical (unpaired) electrons. The Morgan fingerprint density at radius 1 is 1.14 bits per heavy atom. The number of likely N-dealkylation sites (tertiary alicyclic amines) is 1. The van der Waals surface area contributed by atoms with Crippen molar-refractivity contribution < 1.29 is 19.1 Å². The van der Waals surface area contributed by atoms with Crippen LogP contribution < -0.4 is 27.8 Å². The highest BCUT2D eigenvalue weighted by Gasteiger charge is 2.63. The predicted octanol–water partition coefficient (Wildman–Crippen LogP) is -1.90. The maximum atomic E-state index is 11.8. The zero-order valence-electron chi connectivity index (χ0n) is 16.3. The van der Waals surface area contributed by atoms with E-state index >= 15 is 0 Å². The number of epoxide rings is 1. The minimum Gasteiger partial charge on any atom is -0.370 e. The van der Waals surface area contributed by atoms with Gasteiger partial charge in [-0.15, -0.1) is 0 Å². The Labute approximate surface area is 163 Å². The van der Waals surface area contributed by atoms with Gasteiger partial charge in [-0.1, -0.05) is 27.2 Å². The number of morpholine rings is 1. The number of nitrogens with two attached hydrogens (primary N) is 3. The highest BCUT2D eigenvalue weighted by Crippen LogP contribution is 2.33. The van der Waals surface area contributed by atoms with Crippen LogP contribution in [0, 0.1) is 16.7 Å². The lowest BCUT2D eigenvalue weighted by Gasteiger charge is -2.19. The van der Waals surface area contributed by atoms with Crippen LogP contribution in [-0.4, -0.2) is 59.0 Å². The summed E-state index contributed by atoms with van der Waals surface area (Å²) in [5.74, 6) is -1.76. The first-order chi connectivity index (χ1) is 13.0. The van der Waals surface area contributed by atoms with E-state index in [2.05, 4.69) is 10.6 Å². The first-order valence-electron chi connectivity index (χ1n) is 9.03. The Hall–Kier alpha value is -2.73. The van der Waals surface area contributed by atoms with E-state index in [4.69, 9.17) is 32.8 Å². The average Bonchev–Trinajstić information content (AvgIpc) is 3.29. The van der Waals surface area contributed by atoms with Gasteiger partial charge in [0, 0.05) is 0 Å². The standard InChI is InChI=1S/C10H14N2O4.C6H16N6/c1-4(2)3-5(11)8(13)12-9(14)6-7(16-6)10(12)15;1-2-3-4(11-5(7)8)12-6(9)10/h4-7H,3,11H2,1-2H3;4H,2-3H2,1H3,(H4,7,8,11)(H4,9,10,12)/t5-,6-,7-;/m0./s1. The molecule has 3 atom stereocenters. The molecule has 2 aliphatic rings. The van der Waals surface area contributed by atoms with Gasteiger partial charge in [0.15, 0.2) is 24.1 Å². The van der Waals surface area contributed by atoms with Crippen molar-refractivity contribution in [2.45, 2.75) is 64.4 Å². The van der Waals surface area contributed by atoms with E-state index in [-0.39, 0.29) is 24.0 Å². The van der Waals surface area contributed by atoms with E-state index in [1.54, 1.807) is 0 Å². The molecule has 0 aromatic heterocycles. The van der Waals surface area contributed by atoms with Gasteiger partial charge in [-0.25, -0.2) is 4.90 Å². The number of amides is 3. The van der Waals surface area contributed by atoms with E-state index in [1.165, 1.54) is 0 Å². The largest absolute Gasteiger partial charge is 0.370 e. The first-order valence-corrected chi connectivity index (χ1v) is 9.03. The van der Waals surface area contributed by atoms with Crippen LogP contribution in [0.2, 0.25) is 0 Å². The highest BCUT2D eigenvalue weighted by atomic mass is 16.6. The molecule has 2 rings (SSSR count). The quantitative estimate of drug-likeness (QED) is 0.0836. The molecule has 158 valence electrons. The summed E-state index contributed by atoms with van der Waals surface area (Å²) in [6.07, 6.45) is 0.451. The summed E-state index contributed by atoms with van der Waals surface area (Å²) in [6, 6.07) is -0.801. The van der Waals surface area contributed by atoms with Crippen molar-refractivity contribution in [3.63, 3.8) is 0 Å². The number of carbonyl (C=O) groups excluding carboxylic acids is 3. The van der Waals surface area contributed by atoms with Gasteiger partial charge < -0.3 is 32.6 Å². The lowest BCUT2D eigenvalue weighted by molar-refractivity contribution is -0.154. The van der Waals surface area contributed by atoms with Crippen LogP contribution in [0.15, 0.2) is 0 Å². The van der Waals surface area contributed by atoms with Gasteiger partial charge in [0.1, 0.15) is 6.17 Å². The molecule has 0 bridgehead atoms. The van der Waals surface area contributed by atoms with Crippen molar-refractivity contribution in [2.75, 3.05) is 0 Å². The van der Waals surface area contributed by atoms with E-state index in [0.29, 0.717) is 11.3 Å². The highest BCUT2D eigenvalue weighted by molar-refractivity contribution is 6.22. The SMILES string of the molecule is CC(C)C[C@H](N)C(=O)N1C(=O)[C@H]2O[C@@H]2C1=O.CCCC(NC(=N)N)NC(=N)N. The zero-order chi connectivity index (χ0) is 21.6. The van der Waals surface area contributed by atoms with Gasteiger partial charge in [0.05, 0.1) is 6.04 Å². The summed E-state index contributed by atoms with van der Waals surface area (Å²) in [4.78, 5) is 35.4. The number of hydrogen-bond donors (Lipinski definition) is 7. The molecule has 0 spiro atoms. The Morgan fingerprint density at radius 3 is 1.96 bits per heavy atom. The second-order valence-corrected chi connectivity index (χ2v) is 7.02. The number of rotatable bonds is 7. The third-order valence-electron chi connectivity index (χ3n) is 3.92. The third-order valence-corrected chi connectivity index (χ3v) is 3.92. The fourth-order valence-electron chi connectivity index (χ4n) is 2.69. The Morgan fingerprint density at radius 2 is 1.61 bits per heavy atom. The van der Waals surface area contributed by atoms with Crippen molar-refractivity contribution in [3.8, 4) is 0 Å². The van der Waals surface area contributed by atoms with Crippen LogP contribution in [0.3, 0.4) is 0 Å². The van der Waals surface area contributed by atoms with E-state index < -0.39 is 36.0 Å². The van der Waals surface area contributed by atoms with E-state index in [1.807, 2.05) is 20.8 Å². The summed E-state index contributed by atoms with van der Waals surface area (Å²) >= 11 is 0. The van der Waals surface area contributed by atoms with Crippen molar-refractivity contribution >= 4 is 29.6 Å². The number of nitrogens with one attached hydrogen (secondary N) is 4. The van der Waals surface area contributed by atoms with Gasteiger partial charge in [0.25, 0.3) is 17.7 Å². The smallest absolute Gasteiger partial charge is 0.268 e. The molecular formula is C16H30N8O4. The predicted molar refractivity (Wildman–Crippen MR) is 102 cm³/mol. The molecule has 10 N–H and O–H groups in total. The fraction of sp³-hybridized carbons (Fsp3) is 0.688. The molecule has 0 aromatic rings. The Kier molecular flexibility index (Phi) is 8.32. The van der Waals surface area contributed by atoms with Gasteiger partial charge in [0.2, 0.25) is 0 Å². The van der Waals surface area contributed by atoms with Crippen LogP contribution in [-0.2, 0) is 19.1 Å². The fourth-order valence-corrected chi connectivity index (χ4v) is 2.69. The minimum absolute atomic E-state index is 0.123. The maximum absolute atomic E-state index is 11.8. The topological polar surface area (TPSA) is 217 Å². The van der Waals surface area contributed by atoms with Gasteiger partial charge in [-0.05, 0) is 18.8 Å². The molecule has 0 saturated carbocycles. The molecule has 2 aliphatic heterocycles. The number of nitrogens with zero attached hydrogens (tertiary/aromatic N) is 1. The van der Waals surface area contributed by atoms with Crippen LogP contribution in [0.5, 0.6) is 0 Å². The van der Waals surface area contributed by atoms with Crippen molar-refractivity contribution in [1.29, 1.82) is 10.8 Å². The molecular weight excluding hydrogens is 368 g/mol. The van der Waals surface area contributed by atoms with Crippen LogP contribution in [0.4, 0.5) is 0 Å². The van der Waals surface area contributed by atoms with Crippen molar-refractivity contribution in [1.82, 2.24) is 15.5 Å². The van der Waals surface area contributed by atoms with Gasteiger partial charge in [-0.3, -0.25) is 25.2 Å². The number of ether oxygens (including phenoxy) is 1. The van der Waals surface area contributed by atoms with Crippen molar-refractivity contribution in [3.05, 3.63) is 0 Å². The zero-order valence-corrected chi connectivity index (χ0v) is 16.3. The summed E-state index contributed by atoms with van der Waals surface area (Å²) in [5, 5.41) is 19.2. The van der Waals surface area contributed by atoms with Gasteiger partial charge in [-0.2, -0.15) is 0 Å². The lowest BCUT2D eigenvalue weighted by atomic mass is 10.0. The normalized spacial score (nSPS) is 22.0. The van der Waals surface area contributed by atoms with Crippen molar-refractivity contribution in [2.24, 2.45) is 23.1 Å². The molecule has 0 aromatic carbocycles. The monoisotopic (exact) mass is 398 g/mol. The molecule has 2 saturated heterocycles. The second-order valence-electron chi connectivity index (χ2n) is 7.02. The Bertz CT molecular complexity index is 602. The minimum atomic E-state index is -0.801. The van der Waals surface area contributed by atoms with E-state index in [9.17, 15) is 14.4 Å².